The Kier molecular flexibility index (Phi) is 4.75. The third kappa shape index (κ3) is 4.67. The van der Waals surface area contributed by atoms with Crippen molar-refractivity contribution in [1.29, 1.82) is 0 Å². The highest BCUT2D eigenvalue weighted by molar-refractivity contribution is 7.91. The molecule has 0 bridgehead atoms. The molecule has 9 heteroatoms. The van der Waals surface area contributed by atoms with E-state index in [0.717, 1.165) is 0 Å². The fraction of sp³-hybridized carbons (Fsp3) is 0.800. The van der Waals surface area contributed by atoms with E-state index in [1.165, 1.54) is 7.11 Å². The zero-order valence-corrected chi connectivity index (χ0v) is 11.6. The van der Waals surface area contributed by atoms with E-state index < -0.39 is 33.5 Å². The zero-order valence-electron chi connectivity index (χ0n) is 10.8. The van der Waals surface area contributed by atoms with Gasteiger partial charge in [0.15, 0.2) is 15.9 Å². The van der Waals surface area contributed by atoms with Gasteiger partial charge in [-0.25, -0.2) is 18.0 Å². The van der Waals surface area contributed by atoms with E-state index >= 15 is 0 Å². The second-order valence-corrected chi connectivity index (χ2v) is 6.98. The van der Waals surface area contributed by atoms with Gasteiger partial charge in [-0.2, -0.15) is 0 Å². The van der Waals surface area contributed by atoms with Crippen molar-refractivity contribution in [3.05, 3.63) is 0 Å². The number of carboxylic acid groups (broad SMARTS) is 1. The third-order valence-corrected chi connectivity index (χ3v) is 4.83. The van der Waals surface area contributed by atoms with Gasteiger partial charge < -0.3 is 20.5 Å². The Hall–Kier alpha value is -1.35. The van der Waals surface area contributed by atoms with Crippen LogP contribution < -0.4 is 10.6 Å². The summed E-state index contributed by atoms with van der Waals surface area (Å²) in [5.74, 6) is -1.25. The lowest BCUT2D eigenvalue weighted by Crippen LogP contribution is -2.52. The molecule has 19 heavy (non-hydrogen) atoms. The van der Waals surface area contributed by atoms with Crippen molar-refractivity contribution < 1.29 is 27.9 Å². The number of nitrogens with one attached hydrogen (secondary N) is 2. The number of ether oxygens (including phenoxy) is 1. The number of amides is 2. The number of methoxy groups -OCH3 is 1. The summed E-state index contributed by atoms with van der Waals surface area (Å²) in [4.78, 5) is 22.3. The molecule has 1 saturated heterocycles. The van der Waals surface area contributed by atoms with Gasteiger partial charge in [0, 0.05) is 7.11 Å². The molecule has 2 amide bonds. The molecule has 110 valence electrons. The smallest absolute Gasteiger partial charge is 0.334 e. The predicted molar refractivity (Wildman–Crippen MR) is 66.6 cm³/mol. The molecule has 1 rings (SSSR count). The molecule has 8 nitrogen and oxygen atoms in total. The van der Waals surface area contributed by atoms with Crippen molar-refractivity contribution >= 4 is 21.8 Å². The molecule has 0 aromatic heterocycles. The highest BCUT2D eigenvalue weighted by atomic mass is 32.2. The van der Waals surface area contributed by atoms with Gasteiger partial charge in [0.1, 0.15) is 0 Å². The number of carbonyl (C=O) groups excluding carboxylic acids is 1. The van der Waals surface area contributed by atoms with Crippen LogP contribution in [0.15, 0.2) is 0 Å². The van der Waals surface area contributed by atoms with Crippen molar-refractivity contribution in [2.75, 3.05) is 25.2 Å². The number of urea groups is 1. The number of rotatable bonds is 5. The summed E-state index contributed by atoms with van der Waals surface area (Å²) in [5.41, 5.74) is -0.811. The van der Waals surface area contributed by atoms with Crippen molar-refractivity contribution in [2.45, 2.75) is 25.0 Å². The van der Waals surface area contributed by atoms with Gasteiger partial charge in [-0.1, -0.05) is 0 Å². The van der Waals surface area contributed by atoms with E-state index in [1.54, 1.807) is 6.92 Å². The van der Waals surface area contributed by atoms with E-state index in [2.05, 4.69) is 15.4 Å². The Labute approximate surface area is 111 Å². The Morgan fingerprint density at radius 3 is 2.53 bits per heavy atom. The van der Waals surface area contributed by atoms with Crippen LogP contribution in [0.4, 0.5) is 4.79 Å². The van der Waals surface area contributed by atoms with E-state index in [1.807, 2.05) is 0 Å². The van der Waals surface area contributed by atoms with E-state index in [-0.39, 0.29) is 18.1 Å². The van der Waals surface area contributed by atoms with Crippen LogP contribution in [0.3, 0.4) is 0 Å². The average molecular weight is 294 g/mol. The van der Waals surface area contributed by atoms with Crippen LogP contribution >= 0.6 is 0 Å². The van der Waals surface area contributed by atoms with Crippen LogP contribution in [-0.4, -0.2) is 62.3 Å². The molecular weight excluding hydrogens is 276 g/mol. The molecule has 3 N–H and O–H groups in total. The monoisotopic (exact) mass is 294 g/mol. The third-order valence-electron chi connectivity index (χ3n) is 2.93. The first-order valence-electron chi connectivity index (χ1n) is 5.69. The minimum Gasteiger partial charge on any atom is -0.479 e. The molecular formula is C10H18N2O6S. The van der Waals surface area contributed by atoms with Crippen molar-refractivity contribution in [3.8, 4) is 0 Å². The van der Waals surface area contributed by atoms with Crippen LogP contribution in [0, 0.1) is 0 Å². The van der Waals surface area contributed by atoms with Gasteiger partial charge in [-0.15, -0.1) is 0 Å². The maximum Gasteiger partial charge on any atom is 0.334 e. The van der Waals surface area contributed by atoms with Gasteiger partial charge in [-0.05, 0) is 13.3 Å². The Bertz CT molecular complexity index is 463. The molecule has 0 spiro atoms. The van der Waals surface area contributed by atoms with Crippen molar-refractivity contribution in [2.24, 2.45) is 0 Å². The van der Waals surface area contributed by atoms with Gasteiger partial charge in [-0.3, -0.25) is 0 Å². The van der Waals surface area contributed by atoms with E-state index in [0.29, 0.717) is 6.42 Å². The fourth-order valence-corrected chi connectivity index (χ4v) is 3.98. The number of hydrogen-bond acceptors (Lipinski definition) is 5. The SMILES string of the molecule is COC(CNC(=O)NC1(C)CCS(=O)(=O)C1)C(=O)O. The molecule has 0 aliphatic carbocycles. The van der Waals surface area contributed by atoms with Crippen LogP contribution in [0.1, 0.15) is 13.3 Å². The van der Waals surface area contributed by atoms with Crippen LogP contribution in [0.2, 0.25) is 0 Å². The van der Waals surface area contributed by atoms with Gasteiger partial charge in [0.2, 0.25) is 0 Å². The molecule has 0 radical (unpaired) electrons. The number of aliphatic carboxylic acids is 1. The Morgan fingerprint density at radius 2 is 2.11 bits per heavy atom. The lowest BCUT2D eigenvalue weighted by molar-refractivity contribution is -0.147. The summed E-state index contributed by atoms with van der Waals surface area (Å²) >= 11 is 0. The highest BCUT2D eigenvalue weighted by Crippen LogP contribution is 2.22. The van der Waals surface area contributed by atoms with Gasteiger partial charge in [0.05, 0.1) is 23.6 Å². The Morgan fingerprint density at radius 1 is 1.47 bits per heavy atom. The summed E-state index contributed by atoms with van der Waals surface area (Å²) in [7, 11) is -1.88. The summed E-state index contributed by atoms with van der Waals surface area (Å²) < 4.78 is 27.4. The number of carboxylic acids is 1. The summed E-state index contributed by atoms with van der Waals surface area (Å²) in [5, 5.41) is 13.6. The Balaban J connectivity index is 2.46. The topological polar surface area (TPSA) is 122 Å². The van der Waals surface area contributed by atoms with E-state index in [9.17, 15) is 18.0 Å². The number of hydrogen-bond donors (Lipinski definition) is 3. The van der Waals surface area contributed by atoms with Crippen molar-refractivity contribution in [1.82, 2.24) is 10.6 Å². The molecule has 1 fully saturated rings. The molecule has 1 aliphatic rings. The number of sulfone groups is 1. The first kappa shape index (κ1) is 15.7. The lowest BCUT2D eigenvalue weighted by Gasteiger charge is -2.24. The van der Waals surface area contributed by atoms with Crippen molar-refractivity contribution in [3.63, 3.8) is 0 Å². The molecule has 1 aliphatic heterocycles. The second kappa shape index (κ2) is 5.74. The second-order valence-electron chi connectivity index (χ2n) is 4.80. The van der Waals surface area contributed by atoms with Crippen LogP contribution in [0.25, 0.3) is 0 Å². The zero-order chi connectivity index (χ0) is 14.7. The standard InChI is InChI=1S/C10H18N2O6S/c1-10(3-4-19(16,17)6-10)12-9(15)11-5-7(18-2)8(13)14/h7H,3-6H2,1-2H3,(H,13,14)(H2,11,12,15). The van der Waals surface area contributed by atoms with Crippen LogP contribution in [-0.2, 0) is 19.4 Å². The van der Waals surface area contributed by atoms with Gasteiger partial charge in [0.25, 0.3) is 0 Å². The summed E-state index contributed by atoms with van der Waals surface area (Å²) in [6.45, 7) is 1.45. The highest BCUT2D eigenvalue weighted by Gasteiger charge is 2.39. The average Bonchev–Trinajstić information content (AvgIpc) is 2.52. The molecule has 2 unspecified atom stereocenters. The minimum atomic E-state index is -3.11. The van der Waals surface area contributed by atoms with E-state index in [4.69, 9.17) is 5.11 Å². The molecule has 2 atom stereocenters. The molecule has 0 aromatic rings. The molecule has 1 heterocycles. The quantitative estimate of drug-likeness (QED) is 0.595. The fourth-order valence-electron chi connectivity index (χ4n) is 1.88. The summed E-state index contributed by atoms with van der Waals surface area (Å²) in [6.07, 6.45) is -0.791. The molecule has 0 aromatic carbocycles. The van der Waals surface area contributed by atoms with Crippen LogP contribution in [0.5, 0.6) is 0 Å². The minimum absolute atomic E-state index is 0.0413. The lowest BCUT2D eigenvalue weighted by atomic mass is 10.0. The van der Waals surface area contributed by atoms with Gasteiger partial charge >= 0.3 is 12.0 Å². The largest absolute Gasteiger partial charge is 0.479 e. The predicted octanol–water partition coefficient (Wildman–Crippen LogP) is -1.04. The maximum absolute atomic E-state index is 11.6. The normalized spacial score (nSPS) is 26.6. The first-order valence-corrected chi connectivity index (χ1v) is 7.52. The number of carbonyl (C=O) groups is 2. The maximum atomic E-state index is 11.6. The first-order chi connectivity index (χ1) is 8.67. The molecule has 0 saturated carbocycles. The summed E-state index contributed by atoms with van der Waals surface area (Å²) in [6, 6.07) is -0.608.